The van der Waals surface area contributed by atoms with Gasteiger partial charge in [-0.3, -0.25) is 0 Å². The lowest BCUT2D eigenvalue weighted by Gasteiger charge is -2.01. The first-order chi connectivity index (χ1) is 12.1. The SMILES string of the molecule is CS(=O)(=O)c1ccc2c(c1)CCO2.CS(=O)(=O)c1ccc2c(c1)OCC2. The van der Waals surface area contributed by atoms with Gasteiger partial charge in [-0.05, 0) is 41.5 Å². The zero-order valence-corrected chi connectivity index (χ0v) is 16.2. The lowest BCUT2D eigenvalue weighted by Crippen LogP contribution is -1.97. The average molecular weight is 396 g/mol. The zero-order valence-electron chi connectivity index (χ0n) is 14.6. The van der Waals surface area contributed by atoms with E-state index in [0.717, 1.165) is 29.7 Å². The number of hydrogen-bond donors (Lipinski definition) is 0. The third-order valence-electron chi connectivity index (χ3n) is 4.18. The molecule has 2 aliphatic heterocycles. The van der Waals surface area contributed by atoms with Crippen molar-refractivity contribution >= 4 is 19.7 Å². The van der Waals surface area contributed by atoms with Gasteiger partial charge in [-0.15, -0.1) is 0 Å². The molecular weight excluding hydrogens is 376 g/mol. The highest BCUT2D eigenvalue weighted by Gasteiger charge is 2.16. The summed E-state index contributed by atoms with van der Waals surface area (Å²) in [5.41, 5.74) is 2.08. The largest absolute Gasteiger partial charge is 0.493 e. The van der Waals surface area contributed by atoms with Crippen LogP contribution in [0.25, 0.3) is 0 Å². The molecule has 0 N–H and O–H groups in total. The second kappa shape index (κ2) is 6.92. The molecule has 6 nitrogen and oxygen atoms in total. The fourth-order valence-corrected chi connectivity index (χ4v) is 4.08. The molecule has 2 aromatic carbocycles. The van der Waals surface area contributed by atoms with Gasteiger partial charge in [0.1, 0.15) is 11.5 Å². The molecule has 0 saturated carbocycles. The molecule has 26 heavy (non-hydrogen) atoms. The number of rotatable bonds is 2. The third-order valence-corrected chi connectivity index (χ3v) is 6.41. The second-order valence-electron chi connectivity index (χ2n) is 6.28. The normalized spacial score (nSPS) is 15.2. The van der Waals surface area contributed by atoms with Gasteiger partial charge < -0.3 is 9.47 Å². The van der Waals surface area contributed by atoms with Crippen LogP contribution in [0.4, 0.5) is 0 Å². The summed E-state index contributed by atoms with van der Waals surface area (Å²) in [6, 6.07) is 10.0. The van der Waals surface area contributed by atoms with Crippen molar-refractivity contribution in [1.82, 2.24) is 0 Å². The molecule has 8 heteroatoms. The first-order valence-electron chi connectivity index (χ1n) is 8.06. The maximum atomic E-state index is 11.2. The summed E-state index contributed by atoms with van der Waals surface area (Å²) < 4.78 is 55.3. The van der Waals surface area contributed by atoms with Crippen LogP contribution >= 0.6 is 0 Å². The van der Waals surface area contributed by atoms with Crippen LogP contribution in [0.15, 0.2) is 46.2 Å². The van der Waals surface area contributed by atoms with Crippen LogP contribution in [0.5, 0.6) is 11.5 Å². The van der Waals surface area contributed by atoms with E-state index in [1.807, 2.05) is 6.07 Å². The summed E-state index contributed by atoms with van der Waals surface area (Å²) in [6.07, 6.45) is 4.09. The number of hydrogen-bond acceptors (Lipinski definition) is 6. The minimum absolute atomic E-state index is 0.327. The minimum Gasteiger partial charge on any atom is -0.493 e. The monoisotopic (exact) mass is 396 g/mol. The molecule has 0 saturated heterocycles. The first-order valence-corrected chi connectivity index (χ1v) is 11.8. The van der Waals surface area contributed by atoms with E-state index in [0.29, 0.717) is 28.8 Å². The van der Waals surface area contributed by atoms with E-state index in [2.05, 4.69) is 0 Å². The molecule has 0 atom stereocenters. The van der Waals surface area contributed by atoms with Crippen LogP contribution in [0.1, 0.15) is 11.1 Å². The highest BCUT2D eigenvalue weighted by Crippen LogP contribution is 2.28. The van der Waals surface area contributed by atoms with Crippen molar-refractivity contribution in [2.75, 3.05) is 25.7 Å². The molecule has 4 rings (SSSR count). The smallest absolute Gasteiger partial charge is 0.175 e. The molecule has 0 spiro atoms. The minimum atomic E-state index is -3.10. The maximum Gasteiger partial charge on any atom is 0.175 e. The number of sulfone groups is 2. The van der Waals surface area contributed by atoms with E-state index in [4.69, 9.17) is 9.47 Å². The maximum absolute atomic E-state index is 11.2. The fraction of sp³-hybridized carbons (Fsp3) is 0.333. The van der Waals surface area contributed by atoms with Gasteiger partial charge in [0.25, 0.3) is 0 Å². The van der Waals surface area contributed by atoms with Crippen molar-refractivity contribution in [3.8, 4) is 11.5 Å². The lowest BCUT2D eigenvalue weighted by atomic mass is 10.2. The summed E-state index contributed by atoms with van der Waals surface area (Å²) >= 11 is 0. The molecule has 140 valence electrons. The van der Waals surface area contributed by atoms with Crippen LogP contribution in [0.3, 0.4) is 0 Å². The summed E-state index contributed by atoms with van der Waals surface area (Å²) in [6.45, 7) is 1.31. The zero-order chi connectivity index (χ0) is 18.9. The molecule has 2 aliphatic rings. The van der Waals surface area contributed by atoms with Crippen LogP contribution in [0, 0.1) is 0 Å². The Morgan fingerprint density at radius 1 is 0.692 bits per heavy atom. The van der Waals surface area contributed by atoms with Gasteiger partial charge in [0.05, 0.1) is 23.0 Å². The van der Waals surface area contributed by atoms with Crippen molar-refractivity contribution in [2.45, 2.75) is 22.6 Å². The number of fused-ring (bicyclic) bond motifs is 2. The second-order valence-corrected chi connectivity index (χ2v) is 10.3. The molecule has 0 amide bonds. The lowest BCUT2D eigenvalue weighted by molar-refractivity contribution is 0.356. The van der Waals surface area contributed by atoms with Gasteiger partial charge in [0, 0.05) is 25.4 Å². The highest BCUT2D eigenvalue weighted by molar-refractivity contribution is 7.91. The Hall–Kier alpha value is -2.06. The van der Waals surface area contributed by atoms with Gasteiger partial charge in [0.2, 0.25) is 0 Å². The van der Waals surface area contributed by atoms with Crippen molar-refractivity contribution in [1.29, 1.82) is 0 Å². The van der Waals surface area contributed by atoms with Gasteiger partial charge >= 0.3 is 0 Å². The van der Waals surface area contributed by atoms with E-state index in [1.54, 1.807) is 30.3 Å². The van der Waals surface area contributed by atoms with E-state index < -0.39 is 19.7 Å². The topological polar surface area (TPSA) is 86.7 Å². The molecular formula is C18H20O6S2. The molecule has 0 aliphatic carbocycles. The highest BCUT2D eigenvalue weighted by atomic mass is 32.2. The van der Waals surface area contributed by atoms with Crippen LogP contribution in [0.2, 0.25) is 0 Å². The molecule has 0 fully saturated rings. The molecule has 0 radical (unpaired) electrons. The first kappa shape index (κ1) is 18.7. The van der Waals surface area contributed by atoms with Gasteiger partial charge in [-0.2, -0.15) is 0 Å². The quantitative estimate of drug-likeness (QED) is 0.772. The van der Waals surface area contributed by atoms with Gasteiger partial charge in [0.15, 0.2) is 19.7 Å². The summed E-state index contributed by atoms with van der Waals surface area (Å²) in [5, 5.41) is 0. The Labute approximate surface area is 153 Å². The van der Waals surface area contributed by atoms with Crippen molar-refractivity contribution < 1.29 is 26.3 Å². The third kappa shape index (κ3) is 4.19. The summed E-state index contributed by atoms with van der Waals surface area (Å²) in [5.74, 6) is 1.52. The summed E-state index contributed by atoms with van der Waals surface area (Å²) in [7, 11) is -6.18. The van der Waals surface area contributed by atoms with E-state index in [1.165, 1.54) is 12.5 Å². The van der Waals surface area contributed by atoms with Crippen molar-refractivity contribution in [3.05, 3.63) is 47.5 Å². The molecule has 0 aromatic heterocycles. The predicted molar refractivity (Wildman–Crippen MR) is 97.5 cm³/mol. The van der Waals surface area contributed by atoms with E-state index >= 15 is 0 Å². The molecule has 2 aromatic rings. The molecule has 0 unspecified atom stereocenters. The number of ether oxygens (including phenoxy) is 2. The van der Waals surface area contributed by atoms with Crippen LogP contribution in [-0.4, -0.2) is 42.6 Å². The Kier molecular flexibility index (Phi) is 4.98. The van der Waals surface area contributed by atoms with E-state index in [-0.39, 0.29) is 0 Å². The number of benzene rings is 2. The van der Waals surface area contributed by atoms with Crippen LogP contribution < -0.4 is 9.47 Å². The molecule has 2 heterocycles. The standard InChI is InChI=1S/2C9H10O3S/c1-13(10,11)8-2-3-9-7(6-8)4-5-12-9;1-13(10,11)8-3-2-7-4-5-12-9(7)6-8/h2*2-3,6H,4-5H2,1H3. The van der Waals surface area contributed by atoms with Gasteiger partial charge in [-0.25, -0.2) is 16.8 Å². The Morgan fingerprint density at radius 2 is 1.23 bits per heavy atom. The Morgan fingerprint density at radius 3 is 1.88 bits per heavy atom. The Bertz CT molecular complexity index is 954. The predicted octanol–water partition coefficient (Wildman–Crippen LogP) is 2.05. The fourth-order valence-electron chi connectivity index (χ4n) is 2.77. The molecule has 0 bridgehead atoms. The van der Waals surface area contributed by atoms with E-state index in [9.17, 15) is 16.8 Å². The van der Waals surface area contributed by atoms with Crippen molar-refractivity contribution in [2.24, 2.45) is 0 Å². The van der Waals surface area contributed by atoms with Crippen molar-refractivity contribution in [3.63, 3.8) is 0 Å². The van der Waals surface area contributed by atoms with Gasteiger partial charge in [-0.1, -0.05) is 6.07 Å². The van der Waals surface area contributed by atoms with Crippen LogP contribution in [-0.2, 0) is 32.5 Å². The Balaban J connectivity index is 0.000000151. The summed E-state index contributed by atoms with van der Waals surface area (Å²) in [4.78, 5) is 0.699. The average Bonchev–Trinajstić information content (AvgIpc) is 3.21.